The summed E-state index contributed by atoms with van der Waals surface area (Å²) in [5.41, 5.74) is 0.593. The smallest absolute Gasteiger partial charge is 0.276 e. The van der Waals surface area contributed by atoms with E-state index in [-0.39, 0.29) is 17.4 Å². The molecule has 132 valence electrons. The summed E-state index contributed by atoms with van der Waals surface area (Å²) >= 11 is 1.39. The van der Waals surface area contributed by atoms with Crippen molar-refractivity contribution in [1.29, 1.82) is 5.26 Å². The molecule has 1 aliphatic rings. The summed E-state index contributed by atoms with van der Waals surface area (Å²) in [5, 5.41) is 17.1. The molecule has 0 N–H and O–H groups in total. The maximum atomic E-state index is 11.5. The quantitative estimate of drug-likeness (QED) is 0.532. The third-order valence-corrected chi connectivity index (χ3v) is 6.42. The van der Waals surface area contributed by atoms with Gasteiger partial charge >= 0.3 is 0 Å². The van der Waals surface area contributed by atoms with Gasteiger partial charge in [0.25, 0.3) is 5.22 Å². The van der Waals surface area contributed by atoms with Crippen molar-refractivity contribution in [2.45, 2.75) is 18.1 Å². The highest BCUT2D eigenvalue weighted by atomic mass is 32.2. The summed E-state index contributed by atoms with van der Waals surface area (Å²) in [7, 11) is -2.89. The molecule has 2 aromatic rings. The minimum Gasteiger partial charge on any atom is -0.493 e. The van der Waals surface area contributed by atoms with Gasteiger partial charge in [-0.15, -0.1) is 10.2 Å². The van der Waals surface area contributed by atoms with Gasteiger partial charge in [0.1, 0.15) is 5.75 Å². The number of nitriles is 1. The first-order valence-corrected chi connectivity index (χ1v) is 10.6. The van der Waals surface area contributed by atoms with Crippen LogP contribution in [0.5, 0.6) is 5.75 Å². The lowest BCUT2D eigenvalue weighted by atomic mass is 10.1. The number of hydrogen-bond donors (Lipinski definition) is 0. The second-order valence-electron chi connectivity index (χ2n) is 5.77. The van der Waals surface area contributed by atoms with Crippen molar-refractivity contribution in [3.63, 3.8) is 0 Å². The summed E-state index contributed by atoms with van der Waals surface area (Å²) in [4.78, 5) is 0. The maximum absolute atomic E-state index is 11.5. The predicted octanol–water partition coefficient (Wildman–Crippen LogP) is 2.09. The molecule has 0 bridgehead atoms. The fraction of sp³-hybridized carbons (Fsp3) is 0.438. The van der Waals surface area contributed by atoms with Gasteiger partial charge in [-0.05, 0) is 36.6 Å². The van der Waals surface area contributed by atoms with Crippen molar-refractivity contribution >= 4 is 21.6 Å². The molecule has 1 saturated heterocycles. The monoisotopic (exact) mass is 379 g/mol. The van der Waals surface area contributed by atoms with E-state index in [1.807, 2.05) is 0 Å². The van der Waals surface area contributed by atoms with Crippen LogP contribution in [-0.4, -0.2) is 42.5 Å². The highest BCUT2D eigenvalue weighted by Crippen LogP contribution is 2.24. The first-order valence-electron chi connectivity index (χ1n) is 7.83. The summed E-state index contributed by atoms with van der Waals surface area (Å²) in [6.45, 7) is 0.467. The molecule has 7 nitrogen and oxygen atoms in total. The maximum Gasteiger partial charge on any atom is 0.276 e. The number of benzene rings is 1. The molecule has 1 fully saturated rings. The first-order chi connectivity index (χ1) is 12.0. The van der Waals surface area contributed by atoms with E-state index >= 15 is 0 Å². The van der Waals surface area contributed by atoms with Gasteiger partial charge in [0.05, 0.1) is 29.7 Å². The van der Waals surface area contributed by atoms with Crippen LogP contribution in [0.25, 0.3) is 0 Å². The third kappa shape index (κ3) is 5.21. The number of sulfone groups is 1. The van der Waals surface area contributed by atoms with Crippen LogP contribution in [0.4, 0.5) is 0 Å². The average molecular weight is 379 g/mol. The molecule has 9 heteroatoms. The Morgan fingerprint density at radius 3 is 2.80 bits per heavy atom. The Morgan fingerprint density at radius 1 is 1.32 bits per heavy atom. The lowest BCUT2D eigenvalue weighted by molar-refractivity contribution is 0.342. The van der Waals surface area contributed by atoms with Gasteiger partial charge < -0.3 is 9.15 Å². The van der Waals surface area contributed by atoms with Crippen molar-refractivity contribution in [2.75, 3.05) is 23.9 Å². The SMILES string of the molecule is N#Cc1ccc(OCCSc2nnc(CC3CCS(=O)(=O)C3)o2)cc1. The second kappa shape index (κ2) is 7.89. The van der Waals surface area contributed by atoms with E-state index in [4.69, 9.17) is 14.4 Å². The van der Waals surface area contributed by atoms with Crippen LogP contribution in [0, 0.1) is 17.2 Å². The highest BCUT2D eigenvalue weighted by molar-refractivity contribution is 7.99. The molecule has 1 aromatic heterocycles. The van der Waals surface area contributed by atoms with E-state index in [0.717, 1.165) is 0 Å². The standard InChI is InChI=1S/C16H17N3O4S2/c17-10-12-1-3-14(4-2-12)22-6-7-24-16-19-18-15(23-16)9-13-5-8-25(20,21)11-13/h1-4,13H,5-9,11H2. The van der Waals surface area contributed by atoms with Crippen molar-refractivity contribution in [3.05, 3.63) is 35.7 Å². The van der Waals surface area contributed by atoms with E-state index in [9.17, 15) is 8.42 Å². The highest BCUT2D eigenvalue weighted by Gasteiger charge is 2.29. The van der Waals surface area contributed by atoms with Crippen LogP contribution < -0.4 is 4.74 Å². The number of aromatic nitrogens is 2. The van der Waals surface area contributed by atoms with Gasteiger partial charge in [0.2, 0.25) is 5.89 Å². The van der Waals surface area contributed by atoms with Crippen LogP contribution in [0.1, 0.15) is 17.9 Å². The van der Waals surface area contributed by atoms with Gasteiger partial charge in [0, 0.05) is 12.2 Å². The van der Waals surface area contributed by atoms with E-state index in [0.29, 0.717) is 47.6 Å². The second-order valence-corrected chi connectivity index (χ2v) is 9.04. The molecule has 0 saturated carbocycles. The van der Waals surface area contributed by atoms with Crippen LogP contribution in [0.15, 0.2) is 33.9 Å². The minimum atomic E-state index is -2.89. The molecular weight excluding hydrogens is 362 g/mol. The minimum absolute atomic E-state index is 0.0722. The number of thioether (sulfide) groups is 1. The Labute approximate surface area is 150 Å². The number of hydrogen-bond acceptors (Lipinski definition) is 8. The Hall–Kier alpha value is -2.05. The Morgan fingerprint density at radius 2 is 2.12 bits per heavy atom. The van der Waals surface area contributed by atoms with Gasteiger partial charge in [0.15, 0.2) is 9.84 Å². The molecule has 0 radical (unpaired) electrons. The fourth-order valence-corrected chi connectivity index (χ4v) is 5.03. The van der Waals surface area contributed by atoms with Crippen LogP contribution in [-0.2, 0) is 16.3 Å². The van der Waals surface area contributed by atoms with E-state index < -0.39 is 9.84 Å². The Kier molecular flexibility index (Phi) is 5.60. The molecule has 2 heterocycles. The molecule has 1 atom stereocenters. The molecule has 3 rings (SSSR count). The summed E-state index contributed by atoms with van der Waals surface area (Å²) in [6.07, 6.45) is 1.17. The van der Waals surface area contributed by atoms with Crippen molar-refractivity contribution in [2.24, 2.45) is 5.92 Å². The largest absolute Gasteiger partial charge is 0.493 e. The van der Waals surface area contributed by atoms with Crippen LogP contribution >= 0.6 is 11.8 Å². The van der Waals surface area contributed by atoms with Crippen LogP contribution in [0.2, 0.25) is 0 Å². The Bertz CT molecular complexity index is 856. The van der Waals surface area contributed by atoms with Gasteiger partial charge in [-0.1, -0.05) is 11.8 Å². The first kappa shape index (κ1) is 17.8. The van der Waals surface area contributed by atoms with Gasteiger partial charge in [-0.2, -0.15) is 5.26 Å². The molecule has 0 amide bonds. The zero-order valence-electron chi connectivity index (χ0n) is 13.4. The summed E-state index contributed by atoms with van der Waals surface area (Å²) in [6, 6.07) is 8.97. The number of rotatable bonds is 7. The topological polar surface area (TPSA) is 106 Å². The third-order valence-electron chi connectivity index (χ3n) is 3.80. The number of nitrogens with zero attached hydrogens (tertiary/aromatic N) is 3. The lowest BCUT2D eigenvalue weighted by Crippen LogP contribution is -2.07. The van der Waals surface area contributed by atoms with Crippen molar-refractivity contribution in [3.8, 4) is 11.8 Å². The summed E-state index contributed by atoms with van der Waals surface area (Å²) in [5.74, 6) is 2.35. The molecule has 1 unspecified atom stereocenters. The molecule has 1 aromatic carbocycles. The zero-order valence-corrected chi connectivity index (χ0v) is 15.1. The zero-order chi connectivity index (χ0) is 17.7. The number of ether oxygens (including phenoxy) is 1. The van der Waals surface area contributed by atoms with Crippen molar-refractivity contribution < 1.29 is 17.6 Å². The van der Waals surface area contributed by atoms with E-state index in [1.165, 1.54) is 11.8 Å². The lowest BCUT2D eigenvalue weighted by Gasteiger charge is -2.04. The molecule has 0 aliphatic carbocycles. The van der Waals surface area contributed by atoms with Gasteiger partial charge in [-0.25, -0.2) is 8.42 Å². The summed E-state index contributed by atoms with van der Waals surface area (Å²) < 4.78 is 34.1. The average Bonchev–Trinajstić information content (AvgIpc) is 3.18. The van der Waals surface area contributed by atoms with Gasteiger partial charge in [-0.3, -0.25) is 0 Å². The van der Waals surface area contributed by atoms with Crippen molar-refractivity contribution in [1.82, 2.24) is 10.2 Å². The molecular formula is C16H17N3O4S2. The van der Waals surface area contributed by atoms with E-state index in [1.54, 1.807) is 24.3 Å². The fourth-order valence-electron chi connectivity index (χ4n) is 2.57. The normalized spacial score (nSPS) is 18.8. The predicted molar refractivity (Wildman–Crippen MR) is 92.1 cm³/mol. The van der Waals surface area contributed by atoms with E-state index in [2.05, 4.69) is 16.3 Å². The Balaban J connectivity index is 1.40. The molecule has 25 heavy (non-hydrogen) atoms. The molecule has 1 aliphatic heterocycles. The van der Waals surface area contributed by atoms with Crippen LogP contribution in [0.3, 0.4) is 0 Å². The molecule has 0 spiro atoms.